The van der Waals surface area contributed by atoms with Gasteiger partial charge in [0, 0.05) is 0 Å². The molecule has 0 unspecified atom stereocenters. The van der Waals surface area contributed by atoms with Crippen LogP contribution in [0.25, 0.3) is 0 Å². The van der Waals surface area contributed by atoms with E-state index in [2.05, 4.69) is 10.1 Å². The summed E-state index contributed by atoms with van der Waals surface area (Å²) in [6.45, 7) is 3.79. The minimum Gasteiger partial charge on any atom is -0.493 e. The molecule has 0 aliphatic heterocycles. The van der Waals surface area contributed by atoms with Gasteiger partial charge in [-0.25, -0.2) is 0 Å². The Labute approximate surface area is 111 Å². The fourth-order valence-corrected chi connectivity index (χ4v) is 1.45. The Bertz CT molecular complexity index is 546. The lowest BCUT2D eigenvalue weighted by Crippen LogP contribution is -2.30. The minimum atomic E-state index is -0.633. The molecule has 0 atom stereocenters. The number of methoxy groups -OCH3 is 1. The van der Waals surface area contributed by atoms with Crippen molar-refractivity contribution in [2.24, 2.45) is 5.73 Å². The van der Waals surface area contributed by atoms with Crippen molar-refractivity contribution >= 4 is 0 Å². The van der Waals surface area contributed by atoms with Crippen LogP contribution in [0.4, 0.5) is 0 Å². The van der Waals surface area contributed by atoms with Gasteiger partial charge in [0.1, 0.15) is 0 Å². The van der Waals surface area contributed by atoms with Crippen LogP contribution in [0.3, 0.4) is 0 Å². The Morgan fingerprint density at radius 3 is 2.53 bits per heavy atom. The lowest BCUT2D eigenvalue weighted by atomic mass is 10.1. The van der Waals surface area contributed by atoms with E-state index in [1.54, 1.807) is 7.11 Å². The average molecular weight is 263 g/mol. The second-order valence-electron chi connectivity index (χ2n) is 4.67. The van der Waals surface area contributed by atoms with Crippen LogP contribution in [0.15, 0.2) is 28.8 Å². The molecular formula is C13H17N3O3. The van der Waals surface area contributed by atoms with Gasteiger partial charge in [0.2, 0.25) is 0 Å². The van der Waals surface area contributed by atoms with Gasteiger partial charge < -0.3 is 19.7 Å². The maximum atomic E-state index is 5.88. The zero-order chi connectivity index (χ0) is 13.9. The molecular weight excluding hydrogens is 246 g/mol. The van der Waals surface area contributed by atoms with Gasteiger partial charge in [-0.3, -0.25) is 0 Å². The summed E-state index contributed by atoms with van der Waals surface area (Å²) in [5.74, 6) is 2.10. The molecule has 1 aromatic heterocycles. The van der Waals surface area contributed by atoms with E-state index in [1.807, 2.05) is 38.1 Å². The van der Waals surface area contributed by atoms with Gasteiger partial charge in [-0.05, 0) is 26.0 Å². The molecule has 0 saturated carbocycles. The summed E-state index contributed by atoms with van der Waals surface area (Å²) in [4.78, 5) is 4.18. The van der Waals surface area contributed by atoms with Crippen molar-refractivity contribution in [3.05, 3.63) is 36.0 Å². The highest BCUT2D eigenvalue weighted by Gasteiger charge is 2.21. The molecule has 0 radical (unpaired) electrons. The van der Waals surface area contributed by atoms with E-state index in [1.165, 1.54) is 0 Å². The second-order valence-corrected chi connectivity index (χ2v) is 4.67. The maximum absolute atomic E-state index is 5.88. The molecule has 0 aliphatic carbocycles. The minimum absolute atomic E-state index is 0.170. The van der Waals surface area contributed by atoms with Gasteiger partial charge in [-0.2, -0.15) is 4.98 Å². The Balaban J connectivity index is 2.05. The van der Waals surface area contributed by atoms with Crippen molar-refractivity contribution in [2.45, 2.75) is 26.0 Å². The first-order valence-electron chi connectivity index (χ1n) is 5.88. The molecule has 0 saturated heterocycles. The first-order valence-corrected chi connectivity index (χ1v) is 5.88. The number of nitrogens with two attached hydrogens (primary N) is 1. The number of nitrogens with zero attached hydrogens (tertiary/aromatic N) is 2. The summed E-state index contributed by atoms with van der Waals surface area (Å²) >= 11 is 0. The predicted octanol–water partition coefficient (Wildman–Crippen LogP) is 1.85. The maximum Gasteiger partial charge on any atom is 0.264 e. The molecule has 1 heterocycles. The quantitative estimate of drug-likeness (QED) is 0.886. The molecule has 0 bridgehead atoms. The monoisotopic (exact) mass is 263 g/mol. The fraction of sp³-hybridized carbons (Fsp3) is 0.385. The molecule has 0 fully saturated rings. The number of rotatable bonds is 5. The molecule has 19 heavy (non-hydrogen) atoms. The summed E-state index contributed by atoms with van der Waals surface area (Å²) in [6, 6.07) is 7.36. The van der Waals surface area contributed by atoms with Crippen molar-refractivity contribution in [3.8, 4) is 11.5 Å². The van der Waals surface area contributed by atoms with Crippen LogP contribution >= 0.6 is 0 Å². The van der Waals surface area contributed by atoms with Crippen molar-refractivity contribution in [1.29, 1.82) is 0 Å². The van der Waals surface area contributed by atoms with Crippen molar-refractivity contribution in [1.82, 2.24) is 10.1 Å². The zero-order valence-electron chi connectivity index (χ0n) is 11.2. The Kier molecular flexibility index (Phi) is 3.71. The van der Waals surface area contributed by atoms with E-state index in [0.717, 1.165) is 0 Å². The number of para-hydroxylation sites is 2. The van der Waals surface area contributed by atoms with Crippen LogP contribution in [0.2, 0.25) is 0 Å². The van der Waals surface area contributed by atoms with Gasteiger partial charge in [0.15, 0.2) is 23.9 Å². The largest absolute Gasteiger partial charge is 0.493 e. The normalized spacial score (nSPS) is 11.4. The first kappa shape index (κ1) is 13.4. The smallest absolute Gasteiger partial charge is 0.264 e. The number of hydrogen-bond acceptors (Lipinski definition) is 6. The lowest BCUT2D eigenvalue weighted by Gasteiger charge is -2.11. The van der Waals surface area contributed by atoms with Gasteiger partial charge in [-0.1, -0.05) is 17.3 Å². The summed E-state index contributed by atoms with van der Waals surface area (Å²) in [5.41, 5.74) is 5.24. The highest BCUT2D eigenvalue weighted by Crippen LogP contribution is 2.26. The highest BCUT2D eigenvalue weighted by atomic mass is 16.5. The summed E-state index contributed by atoms with van der Waals surface area (Å²) in [7, 11) is 1.59. The lowest BCUT2D eigenvalue weighted by molar-refractivity contribution is 0.232. The molecule has 6 heteroatoms. The predicted molar refractivity (Wildman–Crippen MR) is 68.8 cm³/mol. The Hall–Kier alpha value is -2.08. The number of aromatic nitrogens is 2. The van der Waals surface area contributed by atoms with Crippen LogP contribution in [0, 0.1) is 0 Å². The second kappa shape index (κ2) is 5.27. The molecule has 102 valence electrons. The van der Waals surface area contributed by atoms with Gasteiger partial charge in [0.25, 0.3) is 5.89 Å². The van der Waals surface area contributed by atoms with Gasteiger partial charge in [0.05, 0.1) is 12.6 Å². The molecule has 6 nitrogen and oxygen atoms in total. The van der Waals surface area contributed by atoms with Crippen molar-refractivity contribution < 1.29 is 14.0 Å². The molecule has 0 spiro atoms. The third-order valence-corrected chi connectivity index (χ3v) is 2.46. The number of ether oxygens (including phenoxy) is 2. The molecule has 0 aliphatic rings. The summed E-state index contributed by atoms with van der Waals surface area (Å²) < 4.78 is 15.8. The van der Waals surface area contributed by atoms with Crippen LogP contribution in [0.5, 0.6) is 11.5 Å². The van der Waals surface area contributed by atoms with Crippen LogP contribution in [0.1, 0.15) is 25.6 Å². The van der Waals surface area contributed by atoms with E-state index < -0.39 is 5.54 Å². The average Bonchev–Trinajstić information content (AvgIpc) is 2.85. The van der Waals surface area contributed by atoms with E-state index in [9.17, 15) is 0 Å². The highest BCUT2D eigenvalue weighted by molar-refractivity contribution is 5.39. The standard InChI is InChI=1S/C13H17N3O3/c1-13(2,14)12-15-11(19-16-12)8-18-10-7-5-4-6-9(10)17-3/h4-7H,8,14H2,1-3H3. The van der Waals surface area contributed by atoms with E-state index in [0.29, 0.717) is 23.2 Å². The number of hydrogen-bond donors (Lipinski definition) is 1. The molecule has 2 N–H and O–H groups in total. The van der Waals surface area contributed by atoms with E-state index in [4.69, 9.17) is 19.7 Å². The molecule has 2 rings (SSSR count). The molecule has 0 amide bonds. The van der Waals surface area contributed by atoms with Crippen LogP contribution in [-0.2, 0) is 12.1 Å². The third-order valence-electron chi connectivity index (χ3n) is 2.46. The Morgan fingerprint density at radius 1 is 1.26 bits per heavy atom. The summed E-state index contributed by atoms with van der Waals surface area (Å²) in [5, 5.41) is 3.82. The Morgan fingerprint density at radius 2 is 1.95 bits per heavy atom. The fourth-order valence-electron chi connectivity index (χ4n) is 1.45. The first-order chi connectivity index (χ1) is 9.00. The number of benzene rings is 1. The van der Waals surface area contributed by atoms with E-state index >= 15 is 0 Å². The molecule has 2 aromatic rings. The van der Waals surface area contributed by atoms with Gasteiger partial charge >= 0.3 is 0 Å². The zero-order valence-corrected chi connectivity index (χ0v) is 11.2. The summed E-state index contributed by atoms with van der Waals surface area (Å²) in [6.07, 6.45) is 0. The third kappa shape index (κ3) is 3.23. The van der Waals surface area contributed by atoms with E-state index in [-0.39, 0.29) is 6.61 Å². The molecule has 1 aromatic carbocycles. The van der Waals surface area contributed by atoms with Crippen molar-refractivity contribution in [3.63, 3.8) is 0 Å². The van der Waals surface area contributed by atoms with Crippen molar-refractivity contribution in [2.75, 3.05) is 7.11 Å². The van der Waals surface area contributed by atoms with Crippen LogP contribution in [-0.4, -0.2) is 17.3 Å². The van der Waals surface area contributed by atoms with Gasteiger partial charge in [-0.15, -0.1) is 0 Å². The van der Waals surface area contributed by atoms with Crippen LogP contribution < -0.4 is 15.2 Å². The topological polar surface area (TPSA) is 83.4 Å². The SMILES string of the molecule is COc1ccccc1OCc1nc(C(C)(C)N)no1.